The van der Waals surface area contributed by atoms with Crippen LogP contribution < -0.4 is 0 Å². The second kappa shape index (κ2) is 4.13. The molecule has 0 radical (unpaired) electrons. The van der Waals surface area contributed by atoms with Gasteiger partial charge < -0.3 is 4.42 Å². The monoisotopic (exact) mass is 204 g/mol. The maximum Gasteiger partial charge on any atom is 0.198 e. The van der Waals surface area contributed by atoms with Crippen molar-refractivity contribution in [2.45, 2.75) is 12.8 Å². The molecule has 78 valence electrons. The second-order valence-electron chi connectivity index (χ2n) is 3.42. The molecule has 4 nitrogen and oxygen atoms in total. The summed E-state index contributed by atoms with van der Waals surface area (Å²) in [5.41, 5.74) is 1.07. The number of carbonyl (C=O) groups is 1. The van der Waals surface area contributed by atoms with Crippen LogP contribution >= 0.6 is 0 Å². The molecule has 2 rings (SSSR count). The van der Waals surface area contributed by atoms with Crippen LogP contribution in [0.25, 0.3) is 0 Å². The molecule has 0 aromatic carbocycles. The molecule has 0 saturated heterocycles. The number of rotatable bonds is 4. The van der Waals surface area contributed by atoms with Gasteiger partial charge in [0.25, 0.3) is 0 Å². The van der Waals surface area contributed by atoms with Gasteiger partial charge in [-0.25, -0.2) is 0 Å². The molecule has 4 heteroatoms. The third-order valence-corrected chi connectivity index (χ3v) is 2.20. The van der Waals surface area contributed by atoms with Gasteiger partial charge in [0, 0.05) is 19.7 Å². The zero-order valence-electron chi connectivity index (χ0n) is 8.51. The Bertz CT molecular complexity index is 443. The standard InChI is InChI=1S/C11H12N2O2/c1-13-8-9(7-12-13)4-5-10(14)11-3-2-6-15-11/h2-3,6-8H,4-5H2,1H3. The van der Waals surface area contributed by atoms with Crippen molar-refractivity contribution in [1.29, 1.82) is 0 Å². The van der Waals surface area contributed by atoms with E-state index in [0.29, 0.717) is 18.6 Å². The van der Waals surface area contributed by atoms with Crippen LogP contribution in [0.1, 0.15) is 22.5 Å². The van der Waals surface area contributed by atoms with Crippen molar-refractivity contribution in [3.63, 3.8) is 0 Å². The zero-order valence-corrected chi connectivity index (χ0v) is 8.51. The first-order valence-electron chi connectivity index (χ1n) is 4.80. The maximum atomic E-state index is 11.6. The molecule has 0 atom stereocenters. The first-order valence-corrected chi connectivity index (χ1v) is 4.80. The molecule has 2 heterocycles. The summed E-state index contributed by atoms with van der Waals surface area (Å²) >= 11 is 0. The van der Waals surface area contributed by atoms with Crippen molar-refractivity contribution in [2.75, 3.05) is 0 Å². The number of furan rings is 1. The highest BCUT2D eigenvalue weighted by molar-refractivity contribution is 5.93. The summed E-state index contributed by atoms with van der Waals surface area (Å²) in [4.78, 5) is 11.6. The Morgan fingerprint density at radius 2 is 2.47 bits per heavy atom. The maximum absolute atomic E-state index is 11.6. The van der Waals surface area contributed by atoms with Crippen molar-refractivity contribution < 1.29 is 9.21 Å². The lowest BCUT2D eigenvalue weighted by Crippen LogP contribution is -1.98. The molecule has 0 N–H and O–H groups in total. The van der Waals surface area contributed by atoms with E-state index in [1.54, 1.807) is 23.0 Å². The molecule has 0 bridgehead atoms. The lowest BCUT2D eigenvalue weighted by molar-refractivity contribution is 0.0956. The molecular weight excluding hydrogens is 192 g/mol. The quantitative estimate of drug-likeness (QED) is 0.714. The Labute approximate surface area is 87.5 Å². The summed E-state index contributed by atoms with van der Waals surface area (Å²) in [5.74, 6) is 0.461. The van der Waals surface area contributed by atoms with Crippen LogP contribution in [0.4, 0.5) is 0 Å². The minimum Gasteiger partial charge on any atom is -0.461 e. The molecule has 0 unspecified atom stereocenters. The van der Waals surface area contributed by atoms with Gasteiger partial charge in [-0.3, -0.25) is 9.48 Å². The first kappa shape index (κ1) is 9.71. The smallest absolute Gasteiger partial charge is 0.198 e. The third-order valence-electron chi connectivity index (χ3n) is 2.20. The van der Waals surface area contributed by atoms with E-state index in [2.05, 4.69) is 5.10 Å². The molecule has 2 aromatic rings. The summed E-state index contributed by atoms with van der Waals surface area (Å²) in [6, 6.07) is 3.41. The SMILES string of the molecule is Cn1cc(CCC(=O)c2ccco2)cn1. The van der Waals surface area contributed by atoms with Gasteiger partial charge in [0.2, 0.25) is 0 Å². The minimum atomic E-state index is 0.0313. The van der Waals surface area contributed by atoms with Gasteiger partial charge in [0.15, 0.2) is 11.5 Å². The number of Topliss-reactive ketones (excluding diaryl/α,β-unsaturated/α-hetero) is 1. The van der Waals surface area contributed by atoms with E-state index >= 15 is 0 Å². The van der Waals surface area contributed by atoms with E-state index in [-0.39, 0.29) is 5.78 Å². The summed E-state index contributed by atoms with van der Waals surface area (Å²) in [6.07, 6.45) is 6.36. The second-order valence-corrected chi connectivity index (χ2v) is 3.42. The molecule has 0 aliphatic heterocycles. The number of aromatic nitrogens is 2. The van der Waals surface area contributed by atoms with Gasteiger partial charge in [0.1, 0.15) is 0 Å². The van der Waals surface area contributed by atoms with Gasteiger partial charge in [-0.2, -0.15) is 5.10 Å². The van der Waals surface area contributed by atoms with E-state index in [4.69, 9.17) is 4.42 Å². The largest absolute Gasteiger partial charge is 0.461 e. The van der Waals surface area contributed by atoms with E-state index in [0.717, 1.165) is 5.56 Å². The average Bonchev–Trinajstić information content (AvgIpc) is 2.84. The molecule has 0 fully saturated rings. The molecule has 0 saturated carbocycles. The zero-order chi connectivity index (χ0) is 10.7. The van der Waals surface area contributed by atoms with Crippen LogP contribution in [-0.2, 0) is 13.5 Å². The van der Waals surface area contributed by atoms with Crippen molar-refractivity contribution in [3.8, 4) is 0 Å². The van der Waals surface area contributed by atoms with E-state index in [9.17, 15) is 4.79 Å². The van der Waals surface area contributed by atoms with Gasteiger partial charge >= 0.3 is 0 Å². The highest BCUT2D eigenvalue weighted by Crippen LogP contribution is 2.08. The molecule has 0 spiro atoms. The molecule has 0 amide bonds. The third kappa shape index (κ3) is 2.34. The number of hydrogen-bond donors (Lipinski definition) is 0. The Morgan fingerprint density at radius 1 is 1.60 bits per heavy atom. The summed E-state index contributed by atoms with van der Waals surface area (Å²) < 4.78 is 6.75. The normalized spacial score (nSPS) is 10.5. The van der Waals surface area contributed by atoms with Crippen molar-refractivity contribution in [3.05, 3.63) is 42.1 Å². The highest BCUT2D eigenvalue weighted by atomic mass is 16.3. The summed E-state index contributed by atoms with van der Waals surface area (Å²) in [6.45, 7) is 0. The van der Waals surface area contributed by atoms with Gasteiger partial charge in [-0.1, -0.05) is 0 Å². The molecule has 15 heavy (non-hydrogen) atoms. The molecule has 0 aliphatic rings. The molecule has 2 aromatic heterocycles. The number of aryl methyl sites for hydroxylation is 2. The van der Waals surface area contributed by atoms with Crippen LogP contribution in [0.15, 0.2) is 35.2 Å². The molecular formula is C11H12N2O2. The van der Waals surface area contributed by atoms with Gasteiger partial charge in [-0.05, 0) is 24.1 Å². The van der Waals surface area contributed by atoms with Crippen LogP contribution in [-0.4, -0.2) is 15.6 Å². The Kier molecular flexibility index (Phi) is 2.67. The fourth-order valence-corrected chi connectivity index (χ4v) is 1.42. The number of hydrogen-bond acceptors (Lipinski definition) is 3. The Balaban J connectivity index is 1.91. The van der Waals surface area contributed by atoms with Crippen LogP contribution in [0.3, 0.4) is 0 Å². The predicted octanol–water partition coefficient (Wildman–Crippen LogP) is 1.83. The lowest BCUT2D eigenvalue weighted by Gasteiger charge is -1.94. The van der Waals surface area contributed by atoms with E-state index in [1.165, 1.54) is 6.26 Å². The van der Waals surface area contributed by atoms with Gasteiger partial charge in [0.05, 0.1) is 12.5 Å². The van der Waals surface area contributed by atoms with Crippen LogP contribution in [0.5, 0.6) is 0 Å². The van der Waals surface area contributed by atoms with Crippen LogP contribution in [0.2, 0.25) is 0 Å². The van der Waals surface area contributed by atoms with Crippen molar-refractivity contribution in [2.24, 2.45) is 7.05 Å². The number of nitrogens with zero attached hydrogens (tertiary/aromatic N) is 2. The fraction of sp³-hybridized carbons (Fsp3) is 0.273. The van der Waals surface area contributed by atoms with Gasteiger partial charge in [-0.15, -0.1) is 0 Å². The van der Waals surface area contributed by atoms with Crippen molar-refractivity contribution in [1.82, 2.24) is 9.78 Å². The lowest BCUT2D eigenvalue weighted by atomic mass is 10.1. The molecule has 0 aliphatic carbocycles. The highest BCUT2D eigenvalue weighted by Gasteiger charge is 2.08. The van der Waals surface area contributed by atoms with Crippen molar-refractivity contribution >= 4 is 5.78 Å². The summed E-state index contributed by atoms with van der Waals surface area (Å²) in [7, 11) is 1.86. The number of carbonyl (C=O) groups excluding carboxylic acids is 1. The van der Waals surface area contributed by atoms with E-state index in [1.807, 2.05) is 13.2 Å². The fourth-order valence-electron chi connectivity index (χ4n) is 1.42. The minimum absolute atomic E-state index is 0.0313. The van der Waals surface area contributed by atoms with E-state index < -0.39 is 0 Å². The summed E-state index contributed by atoms with van der Waals surface area (Å²) in [5, 5.41) is 4.04. The van der Waals surface area contributed by atoms with Crippen LogP contribution in [0, 0.1) is 0 Å². The Hall–Kier alpha value is -1.84. The predicted molar refractivity (Wildman–Crippen MR) is 54.6 cm³/mol. The topological polar surface area (TPSA) is 48.0 Å². The Morgan fingerprint density at radius 3 is 3.07 bits per heavy atom. The first-order chi connectivity index (χ1) is 7.25. The average molecular weight is 204 g/mol. The number of ketones is 1.